The van der Waals surface area contributed by atoms with Crippen molar-refractivity contribution in [2.45, 2.75) is 26.8 Å². The van der Waals surface area contributed by atoms with Gasteiger partial charge >= 0.3 is 0 Å². The number of hydrogen-bond donors (Lipinski definition) is 1. The predicted molar refractivity (Wildman–Crippen MR) is 74.5 cm³/mol. The Morgan fingerprint density at radius 2 is 2.06 bits per heavy atom. The fraction of sp³-hybridized carbons (Fsp3) is 0.571. The van der Waals surface area contributed by atoms with Gasteiger partial charge in [0.2, 0.25) is 0 Å². The van der Waals surface area contributed by atoms with Gasteiger partial charge in [0.15, 0.2) is 0 Å². The zero-order valence-corrected chi connectivity index (χ0v) is 11.9. The zero-order chi connectivity index (χ0) is 13.7. The van der Waals surface area contributed by atoms with Gasteiger partial charge in [-0.3, -0.25) is 0 Å². The molecular formula is C14H22N4. The minimum absolute atomic E-state index is 0.320. The fourth-order valence-electron chi connectivity index (χ4n) is 1.81. The van der Waals surface area contributed by atoms with Crippen molar-refractivity contribution in [1.82, 2.24) is 9.88 Å². The Kier molecular flexibility index (Phi) is 5.11. The van der Waals surface area contributed by atoms with Crippen molar-refractivity contribution in [3.63, 3.8) is 0 Å². The van der Waals surface area contributed by atoms with Crippen molar-refractivity contribution in [1.29, 1.82) is 5.26 Å². The number of nitrogens with zero attached hydrogens (tertiary/aromatic N) is 3. The van der Waals surface area contributed by atoms with Crippen LogP contribution in [-0.2, 0) is 0 Å². The van der Waals surface area contributed by atoms with Crippen LogP contribution in [0.4, 0.5) is 5.82 Å². The second-order valence-electron chi connectivity index (χ2n) is 5.25. The third kappa shape index (κ3) is 4.34. The van der Waals surface area contributed by atoms with E-state index in [2.05, 4.69) is 49.2 Å². The summed E-state index contributed by atoms with van der Waals surface area (Å²) in [6.07, 6.45) is 0. The molecule has 1 rings (SSSR count). The van der Waals surface area contributed by atoms with Crippen molar-refractivity contribution in [3.8, 4) is 6.07 Å². The van der Waals surface area contributed by atoms with Gasteiger partial charge in [-0.25, -0.2) is 4.98 Å². The van der Waals surface area contributed by atoms with E-state index >= 15 is 0 Å². The van der Waals surface area contributed by atoms with Crippen molar-refractivity contribution >= 4 is 5.82 Å². The minimum Gasteiger partial charge on any atom is -0.366 e. The van der Waals surface area contributed by atoms with Crippen LogP contribution in [0, 0.1) is 24.2 Å². The first-order valence-electron chi connectivity index (χ1n) is 6.22. The summed E-state index contributed by atoms with van der Waals surface area (Å²) in [4.78, 5) is 6.58. The summed E-state index contributed by atoms with van der Waals surface area (Å²) in [6, 6.07) is 6.08. The Morgan fingerprint density at radius 1 is 1.39 bits per heavy atom. The summed E-state index contributed by atoms with van der Waals surface area (Å²) < 4.78 is 0. The van der Waals surface area contributed by atoms with Crippen LogP contribution in [0.5, 0.6) is 0 Å². The molecule has 18 heavy (non-hydrogen) atoms. The molecule has 0 radical (unpaired) electrons. The molecule has 0 aliphatic heterocycles. The lowest BCUT2D eigenvalue weighted by Crippen LogP contribution is -2.36. The first-order chi connectivity index (χ1) is 8.42. The predicted octanol–water partition coefficient (Wildman–Crippen LogP) is 2.26. The Hall–Kier alpha value is -1.60. The van der Waals surface area contributed by atoms with Crippen LogP contribution in [0.15, 0.2) is 12.1 Å². The SMILES string of the molecule is Cc1cc(C#N)cc(NC(CN(C)C)C(C)C)n1. The highest BCUT2D eigenvalue weighted by Gasteiger charge is 2.15. The summed E-state index contributed by atoms with van der Waals surface area (Å²) in [5, 5.41) is 12.4. The lowest BCUT2D eigenvalue weighted by molar-refractivity contribution is 0.344. The molecule has 0 aliphatic rings. The van der Waals surface area contributed by atoms with Gasteiger partial charge in [0.25, 0.3) is 0 Å². The first kappa shape index (κ1) is 14.5. The largest absolute Gasteiger partial charge is 0.366 e. The van der Waals surface area contributed by atoms with Crippen molar-refractivity contribution in [3.05, 3.63) is 23.4 Å². The van der Waals surface area contributed by atoms with Crippen molar-refractivity contribution < 1.29 is 0 Å². The van der Waals surface area contributed by atoms with Crippen molar-refractivity contribution in [2.75, 3.05) is 26.0 Å². The van der Waals surface area contributed by atoms with Gasteiger partial charge < -0.3 is 10.2 Å². The molecule has 0 aliphatic carbocycles. The van der Waals surface area contributed by atoms with Crippen LogP contribution in [0.3, 0.4) is 0 Å². The Bertz CT molecular complexity index is 432. The number of nitriles is 1. The number of likely N-dealkylation sites (N-methyl/N-ethyl adjacent to an activating group) is 1. The van der Waals surface area contributed by atoms with E-state index in [4.69, 9.17) is 5.26 Å². The second kappa shape index (κ2) is 6.36. The van der Waals surface area contributed by atoms with Crippen LogP contribution < -0.4 is 5.32 Å². The molecule has 0 aromatic carbocycles. The summed E-state index contributed by atoms with van der Waals surface area (Å²) in [7, 11) is 4.11. The van der Waals surface area contributed by atoms with E-state index in [0.717, 1.165) is 18.1 Å². The molecule has 0 amide bonds. The van der Waals surface area contributed by atoms with Gasteiger partial charge in [-0.1, -0.05) is 13.8 Å². The molecule has 0 saturated heterocycles. The van der Waals surface area contributed by atoms with Crippen LogP contribution >= 0.6 is 0 Å². The maximum absolute atomic E-state index is 8.96. The quantitative estimate of drug-likeness (QED) is 0.866. The monoisotopic (exact) mass is 246 g/mol. The molecule has 98 valence electrons. The first-order valence-corrected chi connectivity index (χ1v) is 6.22. The maximum atomic E-state index is 8.96. The number of aryl methyl sites for hydroxylation is 1. The fourth-order valence-corrected chi connectivity index (χ4v) is 1.81. The summed E-state index contributed by atoms with van der Waals surface area (Å²) in [6.45, 7) is 7.21. The number of nitrogens with one attached hydrogen (secondary N) is 1. The van der Waals surface area contributed by atoms with E-state index in [9.17, 15) is 0 Å². The molecule has 0 saturated carbocycles. The molecule has 4 heteroatoms. The molecule has 0 bridgehead atoms. The van der Waals surface area contributed by atoms with Gasteiger partial charge in [-0.2, -0.15) is 5.26 Å². The summed E-state index contributed by atoms with van der Waals surface area (Å²) in [5.41, 5.74) is 1.52. The minimum atomic E-state index is 0.320. The summed E-state index contributed by atoms with van der Waals surface area (Å²) >= 11 is 0. The molecule has 1 heterocycles. The molecule has 4 nitrogen and oxygen atoms in total. The average Bonchev–Trinajstić information content (AvgIpc) is 2.26. The van der Waals surface area contributed by atoms with E-state index in [-0.39, 0.29) is 0 Å². The zero-order valence-electron chi connectivity index (χ0n) is 11.9. The topological polar surface area (TPSA) is 52.0 Å². The third-order valence-corrected chi connectivity index (χ3v) is 2.78. The van der Waals surface area contributed by atoms with Crippen LogP contribution in [0.2, 0.25) is 0 Å². The molecule has 1 atom stereocenters. The molecule has 1 N–H and O–H groups in total. The van der Waals surface area contributed by atoms with E-state index < -0.39 is 0 Å². The normalized spacial score (nSPS) is 12.6. The molecular weight excluding hydrogens is 224 g/mol. The van der Waals surface area contributed by atoms with Gasteiger partial charge in [0, 0.05) is 18.3 Å². The smallest absolute Gasteiger partial charge is 0.127 e. The molecule has 0 spiro atoms. The standard InChI is InChI=1S/C14H22N4/c1-10(2)13(9-18(4)5)17-14-7-12(8-15)6-11(3)16-14/h6-7,10,13H,9H2,1-5H3,(H,16,17). The van der Waals surface area contributed by atoms with Crippen LogP contribution in [0.25, 0.3) is 0 Å². The highest BCUT2D eigenvalue weighted by atomic mass is 15.1. The number of aromatic nitrogens is 1. The number of pyridine rings is 1. The Labute approximate surface area is 110 Å². The average molecular weight is 246 g/mol. The van der Waals surface area contributed by atoms with Gasteiger partial charge in [-0.05, 0) is 39.1 Å². The highest BCUT2D eigenvalue weighted by molar-refractivity contribution is 5.45. The lowest BCUT2D eigenvalue weighted by atomic mass is 10.0. The van der Waals surface area contributed by atoms with E-state index in [1.165, 1.54) is 0 Å². The molecule has 1 aromatic rings. The second-order valence-corrected chi connectivity index (χ2v) is 5.25. The van der Waals surface area contributed by atoms with E-state index in [0.29, 0.717) is 17.5 Å². The Morgan fingerprint density at radius 3 is 2.56 bits per heavy atom. The van der Waals surface area contributed by atoms with E-state index in [1.54, 1.807) is 12.1 Å². The lowest BCUT2D eigenvalue weighted by Gasteiger charge is -2.26. The number of anilines is 1. The third-order valence-electron chi connectivity index (χ3n) is 2.78. The van der Waals surface area contributed by atoms with Crippen LogP contribution in [0.1, 0.15) is 25.1 Å². The van der Waals surface area contributed by atoms with Gasteiger partial charge in [-0.15, -0.1) is 0 Å². The molecule has 0 fully saturated rings. The van der Waals surface area contributed by atoms with E-state index in [1.807, 2.05) is 6.92 Å². The van der Waals surface area contributed by atoms with Gasteiger partial charge in [0.1, 0.15) is 5.82 Å². The summed E-state index contributed by atoms with van der Waals surface area (Å²) in [5.74, 6) is 1.28. The van der Waals surface area contributed by atoms with Gasteiger partial charge in [0.05, 0.1) is 11.6 Å². The molecule has 1 unspecified atom stereocenters. The maximum Gasteiger partial charge on any atom is 0.127 e. The number of hydrogen-bond acceptors (Lipinski definition) is 4. The molecule has 1 aromatic heterocycles. The highest BCUT2D eigenvalue weighted by Crippen LogP contribution is 2.14. The number of rotatable bonds is 5. The van der Waals surface area contributed by atoms with Crippen molar-refractivity contribution in [2.24, 2.45) is 5.92 Å². The van der Waals surface area contributed by atoms with Crippen LogP contribution in [-0.4, -0.2) is 36.6 Å². The Balaban J connectivity index is 2.87.